The molecular weight excluding hydrogens is 326 g/mol. The first kappa shape index (κ1) is 19.8. The second-order valence-electron chi connectivity index (χ2n) is 7.00. The molecule has 0 spiro atoms. The van der Waals surface area contributed by atoms with Crippen molar-refractivity contribution >= 4 is 11.7 Å². The minimum Gasteiger partial charge on any atom is -0.482 e. The maximum atomic E-state index is 10.7. The van der Waals surface area contributed by atoms with E-state index < -0.39 is 5.97 Å². The lowest BCUT2D eigenvalue weighted by Crippen LogP contribution is -2.10. The Morgan fingerprint density at radius 3 is 2.35 bits per heavy atom. The molecule has 0 amide bonds. The number of benzene rings is 2. The van der Waals surface area contributed by atoms with Crippen molar-refractivity contribution in [2.75, 3.05) is 18.5 Å². The van der Waals surface area contributed by atoms with Crippen molar-refractivity contribution in [1.29, 1.82) is 0 Å². The molecule has 2 rings (SSSR count). The van der Waals surface area contributed by atoms with Gasteiger partial charge in [-0.15, -0.1) is 0 Å². The number of hydrogen-bond donors (Lipinski definition) is 2. The average molecular weight is 355 g/mol. The van der Waals surface area contributed by atoms with Gasteiger partial charge >= 0.3 is 5.97 Å². The van der Waals surface area contributed by atoms with Gasteiger partial charge in [0, 0.05) is 12.2 Å². The number of anilines is 1. The van der Waals surface area contributed by atoms with Gasteiger partial charge in [-0.1, -0.05) is 26.0 Å². The fourth-order valence-corrected chi connectivity index (χ4v) is 3.22. The number of rotatable bonds is 8. The predicted molar refractivity (Wildman–Crippen MR) is 107 cm³/mol. The lowest BCUT2D eigenvalue weighted by atomic mass is 9.92. The van der Waals surface area contributed by atoms with Crippen LogP contribution in [0.2, 0.25) is 0 Å². The van der Waals surface area contributed by atoms with Crippen molar-refractivity contribution in [1.82, 2.24) is 0 Å². The summed E-state index contributed by atoms with van der Waals surface area (Å²) in [4.78, 5) is 10.7. The van der Waals surface area contributed by atoms with Gasteiger partial charge in [0.25, 0.3) is 0 Å². The maximum Gasteiger partial charge on any atom is 0.341 e. The molecule has 0 aromatic heterocycles. The minimum absolute atomic E-state index is 0.318. The topological polar surface area (TPSA) is 58.6 Å². The van der Waals surface area contributed by atoms with E-state index >= 15 is 0 Å². The van der Waals surface area contributed by atoms with Crippen LogP contribution in [0.3, 0.4) is 0 Å². The zero-order valence-electron chi connectivity index (χ0n) is 16.3. The zero-order valence-corrected chi connectivity index (χ0v) is 16.3. The number of carbonyl (C=O) groups is 1. The molecule has 0 aliphatic rings. The van der Waals surface area contributed by atoms with Gasteiger partial charge < -0.3 is 15.2 Å². The number of aliphatic carboxylic acids is 1. The van der Waals surface area contributed by atoms with Gasteiger partial charge in [-0.25, -0.2) is 4.79 Å². The van der Waals surface area contributed by atoms with Crippen LogP contribution >= 0.6 is 0 Å². The molecule has 0 heterocycles. The fraction of sp³-hybridized carbons (Fsp3) is 0.409. The third kappa shape index (κ3) is 5.01. The molecule has 4 heteroatoms. The Kier molecular flexibility index (Phi) is 6.67. The standard InChI is InChI=1S/C22H29NO3/c1-6-23-21-8-7-17(11-19(21)14(2)3)12-20-15(4)9-18(10-16(20)5)26-13-22(24)25/h7-11,14,23H,6,12-13H2,1-5H3,(H,24,25). The second-order valence-corrected chi connectivity index (χ2v) is 7.00. The van der Waals surface area contributed by atoms with E-state index in [1.54, 1.807) is 0 Å². The summed E-state index contributed by atoms with van der Waals surface area (Å²) in [6.07, 6.45) is 0.850. The normalized spacial score (nSPS) is 10.8. The first-order valence-corrected chi connectivity index (χ1v) is 9.13. The van der Waals surface area contributed by atoms with Crippen molar-refractivity contribution in [2.24, 2.45) is 0 Å². The van der Waals surface area contributed by atoms with Crippen LogP contribution in [-0.2, 0) is 11.2 Å². The Hall–Kier alpha value is -2.49. The second kappa shape index (κ2) is 8.75. The highest BCUT2D eigenvalue weighted by Gasteiger charge is 2.11. The van der Waals surface area contributed by atoms with Crippen LogP contribution in [0.1, 0.15) is 54.5 Å². The monoisotopic (exact) mass is 355 g/mol. The number of carboxylic acids is 1. The summed E-state index contributed by atoms with van der Waals surface area (Å²) in [7, 11) is 0. The van der Waals surface area contributed by atoms with Gasteiger partial charge in [-0.2, -0.15) is 0 Å². The van der Waals surface area contributed by atoms with Crippen LogP contribution in [0.5, 0.6) is 5.75 Å². The Balaban J connectivity index is 2.27. The van der Waals surface area contributed by atoms with Gasteiger partial charge in [0.15, 0.2) is 6.61 Å². The lowest BCUT2D eigenvalue weighted by molar-refractivity contribution is -0.139. The molecule has 0 fully saturated rings. The van der Waals surface area contributed by atoms with Crippen LogP contribution in [0, 0.1) is 13.8 Å². The zero-order chi connectivity index (χ0) is 19.3. The van der Waals surface area contributed by atoms with Crippen molar-refractivity contribution in [3.8, 4) is 5.75 Å². The first-order chi connectivity index (χ1) is 12.3. The molecule has 0 unspecified atom stereocenters. The number of hydrogen-bond acceptors (Lipinski definition) is 3. The summed E-state index contributed by atoms with van der Waals surface area (Å²) >= 11 is 0. The number of carboxylic acid groups (broad SMARTS) is 1. The fourth-order valence-electron chi connectivity index (χ4n) is 3.22. The molecule has 0 radical (unpaired) electrons. The molecular formula is C22H29NO3. The van der Waals surface area contributed by atoms with E-state index in [1.807, 2.05) is 26.0 Å². The third-order valence-electron chi connectivity index (χ3n) is 4.52. The molecule has 2 aromatic rings. The van der Waals surface area contributed by atoms with Crippen LogP contribution in [-0.4, -0.2) is 24.2 Å². The van der Waals surface area contributed by atoms with Crippen LogP contribution < -0.4 is 10.1 Å². The molecule has 4 nitrogen and oxygen atoms in total. The Labute approximate surface area is 156 Å². The van der Waals surface area contributed by atoms with Gasteiger partial charge in [-0.3, -0.25) is 0 Å². The van der Waals surface area contributed by atoms with Crippen LogP contribution in [0.4, 0.5) is 5.69 Å². The Bertz CT molecular complexity index is 758. The molecule has 2 aromatic carbocycles. The average Bonchev–Trinajstić information content (AvgIpc) is 2.57. The molecule has 26 heavy (non-hydrogen) atoms. The first-order valence-electron chi connectivity index (χ1n) is 9.13. The van der Waals surface area contributed by atoms with E-state index in [0.29, 0.717) is 11.7 Å². The van der Waals surface area contributed by atoms with Gasteiger partial charge in [-0.05, 0) is 79.1 Å². The molecule has 0 saturated carbocycles. The Morgan fingerprint density at radius 1 is 1.15 bits per heavy atom. The van der Waals surface area contributed by atoms with E-state index in [2.05, 4.69) is 44.3 Å². The van der Waals surface area contributed by atoms with Crippen LogP contribution in [0.25, 0.3) is 0 Å². The highest BCUT2D eigenvalue weighted by molar-refractivity contribution is 5.68. The van der Waals surface area contributed by atoms with E-state index in [4.69, 9.17) is 9.84 Å². The number of aryl methyl sites for hydroxylation is 2. The highest BCUT2D eigenvalue weighted by Crippen LogP contribution is 2.29. The van der Waals surface area contributed by atoms with E-state index in [1.165, 1.54) is 22.4 Å². The molecule has 140 valence electrons. The maximum absolute atomic E-state index is 10.7. The SMILES string of the molecule is CCNc1ccc(Cc2c(C)cc(OCC(=O)O)cc2C)cc1C(C)C. The smallest absolute Gasteiger partial charge is 0.341 e. The van der Waals surface area contributed by atoms with Gasteiger partial charge in [0.05, 0.1) is 0 Å². The van der Waals surface area contributed by atoms with E-state index in [-0.39, 0.29) is 6.61 Å². The molecule has 0 saturated heterocycles. The summed E-state index contributed by atoms with van der Waals surface area (Å²) in [5, 5.41) is 12.2. The molecule has 0 atom stereocenters. The molecule has 0 aliphatic heterocycles. The lowest BCUT2D eigenvalue weighted by Gasteiger charge is -2.17. The van der Waals surface area contributed by atoms with Crippen molar-refractivity contribution in [2.45, 2.75) is 47.0 Å². The number of ether oxygens (including phenoxy) is 1. The summed E-state index contributed by atoms with van der Waals surface area (Å²) in [5.74, 6) is 0.0980. The molecule has 0 bridgehead atoms. The summed E-state index contributed by atoms with van der Waals surface area (Å²) in [6.45, 7) is 11.2. The minimum atomic E-state index is -0.966. The Morgan fingerprint density at radius 2 is 1.81 bits per heavy atom. The predicted octanol–water partition coefficient (Wildman–Crippen LogP) is 4.91. The molecule has 0 aliphatic carbocycles. The van der Waals surface area contributed by atoms with Crippen molar-refractivity contribution < 1.29 is 14.6 Å². The van der Waals surface area contributed by atoms with Gasteiger partial charge in [0.1, 0.15) is 5.75 Å². The quantitative estimate of drug-likeness (QED) is 0.706. The summed E-state index contributed by atoms with van der Waals surface area (Å²) in [6, 6.07) is 10.5. The van der Waals surface area contributed by atoms with Gasteiger partial charge in [0.2, 0.25) is 0 Å². The van der Waals surface area contributed by atoms with E-state index in [0.717, 1.165) is 24.1 Å². The van der Waals surface area contributed by atoms with Crippen LogP contribution in [0.15, 0.2) is 30.3 Å². The third-order valence-corrected chi connectivity index (χ3v) is 4.52. The highest BCUT2D eigenvalue weighted by atomic mass is 16.5. The number of nitrogens with one attached hydrogen (secondary N) is 1. The molecule has 2 N–H and O–H groups in total. The summed E-state index contributed by atoms with van der Waals surface area (Å²) in [5.41, 5.74) is 7.32. The van der Waals surface area contributed by atoms with Crippen molar-refractivity contribution in [3.63, 3.8) is 0 Å². The largest absolute Gasteiger partial charge is 0.482 e. The van der Waals surface area contributed by atoms with E-state index in [9.17, 15) is 4.79 Å². The van der Waals surface area contributed by atoms with Crippen molar-refractivity contribution in [3.05, 3.63) is 58.1 Å². The summed E-state index contributed by atoms with van der Waals surface area (Å²) < 4.78 is 5.32.